The second kappa shape index (κ2) is 8.15. The van der Waals surface area contributed by atoms with Crippen molar-refractivity contribution < 1.29 is 4.79 Å². The minimum Gasteiger partial charge on any atom is -0.326 e. The molecule has 0 aromatic heterocycles. The molecule has 25 heavy (non-hydrogen) atoms. The second-order valence-corrected chi connectivity index (χ2v) is 7.90. The number of carbonyl (C=O) groups excluding carboxylic acids is 1. The van der Waals surface area contributed by atoms with Crippen LogP contribution in [0.5, 0.6) is 0 Å². The molecule has 1 aliphatic heterocycles. The van der Waals surface area contributed by atoms with E-state index in [2.05, 4.69) is 76.4 Å². The van der Waals surface area contributed by atoms with Gasteiger partial charge in [-0.1, -0.05) is 34.1 Å². The quantitative estimate of drug-likeness (QED) is 0.789. The van der Waals surface area contributed by atoms with E-state index in [4.69, 9.17) is 0 Å². The average Bonchev–Trinajstić information content (AvgIpc) is 2.60. The summed E-state index contributed by atoms with van der Waals surface area (Å²) in [7, 11) is 0. The van der Waals surface area contributed by atoms with E-state index >= 15 is 0 Å². The monoisotopic (exact) mass is 400 g/mol. The molecule has 132 valence electrons. The molecule has 1 fully saturated rings. The average molecular weight is 401 g/mol. The van der Waals surface area contributed by atoms with E-state index in [1.54, 1.807) is 0 Å². The van der Waals surface area contributed by atoms with Crippen LogP contribution < -0.4 is 5.32 Å². The molecular formula is C21H25BrN2O. The number of halogens is 1. The highest BCUT2D eigenvalue weighted by molar-refractivity contribution is 9.10. The molecule has 1 unspecified atom stereocenters. The fourth-order valence-electron chi connectivity index (χ4n) is 3.32. The Labute approximate surface area is 158 Å². The minimum absolute atomic E-state index is 0.0609. The Hall–Kier alpha value is -1.65. The van der Waals surface area contributed by atoms with Crippen LogP contribution >= 0.6 is 15.9 Å². The molecule has 1 saturated heterocycles. The third kappa shape index (κ3) is 4.93. The van der Waals surface area contributed by atoms with Gasteiger partial charge in [-0.05, 0) is 74.2 Å². The van der Waals surface area contributed by atoms with Crippen LogP contribution in [0.25, 0.3) is 0 Å². The topological polar surface area (TPSA) is 32.3 Å². The number of likely N-dealkylation sites (tertiary alicyclic amines) is 1. The van der Waals surface area contributed by atoms with Gasteiger partial charge in [0, 0.05) is 23.2 Å². The zero-order chi connectivity index (χ0) is 17.8. The van der Waals surface area contributed by atoms with Gasteiger partial charge in [-0.15, -0.1) is 0 Å². The van der Waals surface area contributed by atoms with Crippen LogP contribution in [-0.2, 0) is 11.3 Å². The summed E-state index contributed by atoms with van der Waals surface area (Å²) < 4.78 is 1.10. The van der Waals surface area contributed by atoms with Crippen molar-refractivity contribution in [3.05, 3.63) is 63.6 Å². The number of amides is 1. The van der Waals surface area contributed by atoms with Gasteiger partial charge < -0.3 is 5.32 Å². The van der Waals surface area contributed by atoms with Gasteiger partial charge in [0.1, 0.15) is 0 Å². The summed E-state index contributed by atoms with van der Waals surface area (Å²) in [6.07, 6.45) is 2.04. The van der Waals surface area contributed by atoms with E-state index in [1.807, 2.05) is 6.07 Å². The summed E-state index contributed by atoms with van der Waals surface area (Å²) in [4.78, 5) is 15.0. The Morgan fingerprint density at radius 2 is 1.92 bits per heavy atom. The number of benzene rings is 2. The van der Waals surface area contributed by atoms with Gasteiger partial charge in [0.25, 0.3) is 0 Å². The summed E-state index contributed by atoms with van der Waals surface area (Å²) in [5.41, 5.74) is 4.64. The summed E-state index contributed by atoms with van der Waals surface area (Å²) in [5, 5.41) is 3.10. The summed E-state index contributed by atoms with van der Waals surface area (Å²) in [6, 6.07) is 14.5. The molecule has 1 amide bonds. The minimum atomic E-state index is 0.0609. The molecule has 1 atom stereocenters. The Bertz CT molecular complexity index is 742. The van der Waals surface area contributed by atoms with Gasteiger partial charge in [0.2, 0.25) is 5.91 Å². The number of nitrogens with zero attached hydrogens (tertiary/aromatic N) is 1. The Morgan fingerprint density at radius 3 is 2.64 bits per heavy atom. The molecule has 0 aliphatic carbocycles. The maximum absolute atomic E-state index is 12.7. The molecule has 0 saturated carbocycles. The fraction of sp³-hybridized carbons (Fsp3) is 0.381. The van der Waals surface area contributed by atoms with Crippen LogP contribution in [0.1, 0.15) is 29.5 Å². The SMILES string of the molecule is Cc1ccc(NC(=O)C2CCCN(Cc3ccc(Br)cc3)C2)cc1C. The van der Waals surface area contributed by atoms with E-state index < -0.39 is 0 Å². The Balaban J connectivity index is 1.59. The van der Waals surface area contributed by atoms with Crippen molar-refractivity contribution in [3.63, 3.8) is 0 Å². The highest BCUT2D eigenvalue weighted by Gasteiger charge is 2.25. The smallest absolute Gasteiger partial charge is 0.228 e. The molecule has 1 aliphatic rings. The van der Waals surface area contributed by atoms with Crippen LogP contribution in [0.2, 0.25) is 0 Å². The molecule has 3 rings (SSSR count). The number of nitrogens with one attached hydrogen (secondary N) is 1. The first-order valence-corrected chi connectivity index (χ1v) is 9.65. The second-order valence-electron chi connectivity index (χ2n) is 6.99. The lowest BCUT2D eigenvalue weighted by atomic mass is 9.96. The first-order valence-electron chi connectivity index (χ1n) is 8.86. The number of carbonyl (C=O) groups is 1. The molecule has 2 aromatic rings. The predicted molar refractivity (Wildman–Crippen MR) is 107 cm³/mol. The van der Waals surface area contributed by atoms with Crippen molar-refractivity contribution in [1.82, 2.24) is 4.90 Å². The van der Waals surface area contributed by atoms with Crippen LogP contribution in [0.3, 0.4) is 0 Å². The van der Waals surface area contributed by atoms with E-state index in [0.717, 1.165) is 42.6 Å². The molecule has 1 N–H and O–H groups in total. The van der Waals surface area contributed by atoms with Crippen LogP contribution in [0.15, 0.2) is 46.9 Å². The van der Waals surface area contributed by atoms with Gasteiger partial charge in [0.05, 0.1) is 5.92 Å². The van der Waals surface area contributed by atoms with Gasteiger partial charge in [-0.25, -0.2) is 0 Å². The maximum atomic E-state index is 12.7. The Morgan fingerprint density at radius 1 is 1.16 bits per heavy atom. The largest absolute Gasteiger partial charge is 0.326 e. The third-order valence-corrected chi connectivity index (χ3v) is 5.50. The maximum Gasteiger partial charge on any atom is 0.228 e. The van der Waals surface area contributed by atoms with Crippen molar-refractivity contribution in [2.24, 2.45) is 5.92 Å². The fourth-order valence-corrected chi connectivity index (χ4v) is 3.59. The van der Waals surface area contributed by atoms with E-state index in [-0.39, 0.29) is 11.8 Å². The number of hydrogen-bond acceptors (Lipinski definition) is 2. The lowest BCUT2D eigenvalue weighted by molar-refractivity contribution is -0.121. The normalized spacial score (nSPS) is 18.1. The van der Waals surface area contributed by atoms with Gasteiger partial charge in [-0.3, -0.25) is 9.69 Å². The molecule has 2 aromatic carbocycles. The number of piperidine rings is 1. The molecule has 3 nitrogen and oxygen atoms in total. The summed E-state index contributed by atoms with van der Waals surface area (Å²) in [6.45, 7) is 6.95. The number of aryl methyl sites for hydroxylation is 2. The summed E-state index contributed by atoms with van der Waals surface area (Å²) >= 11 is 3.47. The molecule has 1 heterocycles. The van der Waals surface area contributed by atoms with Crippen molar-refractivity contribution in [2.75, 3.05) is 18.4 Å². The molecule has 0 radical (unpaired) electrons. The van der Waals surface area contributed by atoms with Crippen LogP contribution in [0, 0.1) is 19.8 Å². The molecule has 0 spiro atoms. The van der Waals surface area contributed by atoms with Crippen molar-refractivity contribution in [1.29, 1.82) is 0 Å². The lowest BCUT2D eigenvalue weighted by Gasteiger charge is -2.32. The molecule has 4 heteroatoms. The van der Waals surface area contributed by atoms with Crippen molar-refractivity contribution in [3.8, 4) is 0 Å². The summed E-state index contributed by atoms with van der Waals surface area (Å²) in [5.74, 6) is 0.203. The third-order valence-electron chi connectivity index (χ3n) is 4.97. The highest BCUT2D eigenvalue weighted by Crippen LogP contribution is 2.22. The predicted octanol–water partition coefficient (Wildman–Crippen LogP) is 4.92. The Kier molecular flexibility index (Phi) is 5.92. The first-order chi connectivity index (χ1) is 12.0. The zero-order valence-corrected chi connectivity index (χ0v) is 16.5. The van der Waals surface area contributed by atoms with Crippen molar-refractivity contribution >= 4 is 27.5 Å². The zero-order valence-electron chi connectivity index (χ0n) is 14.9. The highest BCUT2D eigenvalue weighted by atomic mass is 79.9. The van der Waals surface area contributed by atoms with Crippen molar-refractivity contribution in [2.45, 2.75) is 33.2 Å². The van der Waals surface area contributed by atoms with Gasteiger partial charge >= 0.3 is 0 Å². The number of rotatable bonds is 4. The number of anilines is 1. The van der Waals surface area contributed by atoms with Gasteiger partial charge in [-0.2, -0.15) is 0 Å². The van der Waals surface area contributed by atoms with Crippen LogP contribution in [0.4, 0.5) is 5.69 Å². The first kappa shape index (κ1) is 18.2. The number of hydrogen-bond donors (Lipinski definition) is 1. The molecular weight excluding hydrogens is 376 g/mol. The van der Waals surface area contributed by atoms with E-state index in [9.17, 15) is 4.79 Å². The van der Waals surface area contributed by atoms with Gasteiger partial charge in [0.15, 0.2) is 0 Å². The van der Waals surface area contributed by atoms with Crippen LogP contribution in [-0.4, -0.2) is 23.9 Å². The lowest BCUT2D eigenvalue weighted by Crippen LogP contribution is -2.40. The standard InChI is InChI=1S/C21H25BrN2O/c1-15-5-10-20(12-16(15)2)23-21(25)18-4-3-11-24(14-18)13-17-6-8-19(22)9-7-17/h5-10,12,18H,3-4,11,13-14H2,1-2H3,(H,23,25). The van der Waals surface area contributed by atoms with E-state index in [1.165, 1.54) is 16.7 Å². The molecule has 0 bridgehead atoms. The van der Waals surface area contributed by atoms with E-state index in [0.29, 0.717) is 0 Å².